The SMILES string of the molecule is CC(C)c1cc([C@@H]2CCCN2Cc2cnc(-c3ccccn3)nc2)no1. The fraction of sp³-hybridized carbons (Fsp3) is 0.400. The van der Waals surface area contributed by atoms with Gasteiger partial charge < -0.3 is 4.52 Å². The lowest BCUT2D eigenvalue weighted by Gasteiger charge is -2.22. The Balaban J connectivity index is 1.47. The average molecular weight is 349 g/mol. The van der Waals surface area contributed by atoms with Gasteiger partial charge in [-0.25, -0.2) is 9.97 Å². The minimum absolute atomic E-state index is 0.307. The summed E-state index contributed by atoms with van der Waals surface area (Å²) in [4.78, 5) is 15.7. The fourth-order valence-corrected chi connectivity index (χ4v) is 3.38. The third-order valence-electron chi connectivity index (χ3n) is 4.81. The van der Waals surface area contributed by atoms with Crippen molar-refractivity contribution >= 4 is 0 Å². The number of hydrogen-bond donors (Lipinski definition) is 0. The topological polar surface area (TPSA) is 67.9 Å². The lowest BCUT2D eigenvalue weighted by molar-refractivity contribution is 0.235. The maximum absolute atomic E-state index is 5.49. The van der Waals surface area contributed by atoms with Gasteiger partial charge in [-0.2, -0.15) is 0 Å². The van der Waals surface area contributed by atoms with E-state index in [1.807, 2.05) is 30.6 Å². The van der Waals surface area contributed by atoms with Crippen LogP contribution in [-0.4, -0.2) is 31.6 Å². The summed E-state index contributed by atoms with van der Waals surface area (Å²) in [7, 11) is 0. The first-order chi connectivity index (χ1) is 12.7. The van der Waals surface area contributed by atoms with Gasteiger partial charge in [-0.3, -0.25) is 9.88 Å². The van der Waals surface area contributed by atoms with Crippen molar-refractivity contribution in [2.45, 2.75) is 45.2 Å². The zero-order valence-electron chi connectivity index (χ0n) is 15.2. The van der Waals surface area contributed by atoms with Gasteiger partial charge in [0, 0.05) is 42.7 Å². The molecule has 1 aliphatic heterocycles. The molecule has 6 nitrogen and oxygen atoms in total. The summed E-state index contributed by atoms with van der Waals surface area (Å²) < 4.78 is 5.49. The first kappa shape index (κ1) is 16.8. The van der Waals surface area contributed by atoms with E-state index in [1.54, 1.807) is 6.20 Å². The Labute approximate surface area is 153 Å². The van der Waals surface area contributed by atoms with E-state index in [0.717, 1.165) is 42.2 Å². The van der Waals surface area contributed by atoms with E-state index < -0.39 is 0 Å². The molecule has 0 aromatic carbocycles. The maximum Gasteiger partial charge on any atom is 0.178 e. The highest BCUT2D eigenvalue weighted by Gasteiger charge is 2.29. The van der Waals surface area contributed by atoms with E-state index in [2.05, 4.69) is 44.9 Å². The summed E-state index contributed by atoms with van der Waals surface area (Å²) in [5.74, 6) is 1.97. The molecule has 0 bridgehead atoms. The summed E-state index contributed by atoms with van der Waals surface area (Å²) >= 11 is 0. The molecule has 4 rings (SSSR count). The molecule has 1 aliphatic rings. The number of pyridine rings is 1. The van der Waals surface area contributed by atoms with Crippen LogP contribution in [0.4, 0.5) is 0 Å². The molecular formula is C20H23N5O. The van der Waals surface area contributed by atoms with Gasteiger partial charge in [0.2, 0.25) is 0 Å². The second-order valence-corrected chi connectivity index (χ2v) is 7.07. The number of rotatable bonds is 5. The van der Waals surface area contributed by atoms with Crippen molar-refractivity contribution in [2.75, 3.05) is 6.54 Å². The van der Waals surface area contributed by atoms with Crippen LogP contribution in [0.3, 0.4) is 0 Å². The minimum Gasteiger partial charge on any atom is -0.361 e. The molecule has 3 aromatic heterocycles. The van der Waals surface area contributed by atoms with Crippen LogP contribution in [-0.2, 0) is 6.54 Å². The largest absolute Gasteiger partial charge is 0.361 e. The van der Waals surface area contributed by atoms with Gasteiger partial charge in [0.15, 0.2) is 5.82 Å². The van der Waals surface area contributed by atoms with Gasteiger partial charge in [-0.05, 0) is 31.5 Å². The molecule has 6 heteroatoms. The fourth-order valence-electron chi connectivity index (χ4n) is 3.38. The molecule has 0 unspecified atom stereocenters. The minimum atomic E-state index is 0.307. The normalized spacial score (nSPS) is 17.9. The number of hydrogen-bond acceptors (Lipinski definition) is 6. The Kier molecular flexibility index (Phi) is 4.75. The Morgan fingerprint density at radius 1 is 1.19 bits per heavy atom. The Morgan fingerprint density at radius 3 is 2.73 bits per heavy atom. The van der Waals surface area contributed by atoms with Crippen LogP contribution in [0.25, 0.3) is 11.5 Å². The summed E-state index contributed by atoms with van der Waals surface area (Å²) in [5, 5.41) is 4.31. The Bertz CT molecular complexity index is 844. The third-order valence-corrected chi connectivity index (χ3v) is 4.81. The molecule has 0 saturated carbocycles. The van der Waals surface area contributed by atoms with E-state index in [9.17, 15) is 0 Å². The molecule has 1 saturated heterocycles. The second kappa shape index (κ2) is 7.33. The predicted octanol–water partition coefficient (Wildman–Crippen LogP) is 3.99. The van der Waals surface area contributed by atoms with E-state index in [4.69, 9.17) is 4.52 Å². The number of aromatic nitrogens is 4. The molecule has 1 atom stereocenters. The Morgan fingerprint density at radius 2 is 2.04 bits per heavy atom. The average Bonchev–Trinajstić information content (AvgIpc) is 3.32. The monoisotopic (exact) mass is 349 g/mol. The third kappa shape index (κ3) is 3.51. The number of nitrogens with zero attached hydrogens (tertiary/aromatic N) is 5. The molecule has 3 aromatic rings. The van der Waals surface area contributed by atoms with Crippen molar-refractivity contribution in [2.24, 2.45) is 0 Å². The van der Waals surface area contributed by atoms with E-state index in [1.165, 1.54) is 6.42 Å². The highest BCUT2D eigenvalue weighted by Crippen LogP contribution is 2.33. The van der Waals surface area contributed by atoms with Crippen LogP contribution < -0.4 is 0 Å². The first-order valence-electron chi connectivity index (χ1n) is 9.13. The molecule has 0 radical (unpaired) electrons. The quantitative estimate of drug-likeness (QED) is 0.694. The van der Waals surface area contributed by atoms with Crippen molar-refractivity contribution in [3.63, 3.8) is 0 Å². The van der Waals surface area contributed by atoms with Gasteiger partial charge in [0.1, 0.15) is 17.1 Å². The van der Waals surface area contributed by atoms with Crippen molar-refractivity contribution < 1.29 is 4.52 Å². The van der Waals surface area contributed by atoms with Crippen molar-refractivity contribution in [1.82, 2.24) is 25.0 Å². The van der Waals surface area contributed by atoms with Crippen LogP contribution in [0.5, 0.6) is 0 Å². The molecule has 0 spiro atoms. The lowest BCUT2D eigenvalue weighted by atomic mass is 10.1. The van der Waals surface area contributed by atoms with Gasteiger partial charge >= 0.3 is 0 Å². The van der Waals surface area contributed by atoms with E-state index >= 15 is 0 Å². The van der Waals surface area contributed by atoms with Crippen LogP contribution in [0.2, 0.25) is 0 Å². The zero-order chi connectivity index (χ0) is 17.9. The lowest BCUT2D eigenvalue weighted by Crippen LogP contribution is -2.23. The standard InChI is InChI=1S/C20H23N5O/c1-14(2)19-10-17(24-26-19)18-7-5-9-25(18)13-15-11-22-20(23-12-15)16-6-3-4-8-21-16/h3-4,6,8,10-12,14,18H,5,7,9,13H2,1-2H3/t18-/m0/s1. The van der Waals surface area contributed by atoms with Crippen LogP contribution in [0, 0.1) is 0 Å². The summed E-state index contributed by atoms with van der Waals surface area (Å²) in [5.41, 5.74) is 2.93. The van der Waals surface area contributed by atoms with Gasteiger partial charge in [0.25, 0.3) is 0 Å². The predicted molar refractivity (Wildman–Crippen MR) is 98.2 cm³/mol. The van der Waals surface area contributed by atoms with E-state index in [-0.39, 0.29) is 0 Å². The van der Waals surface area contributed by atoms with Gasteiger partial charge in [0.05, 0.1) is 6.04 Å². The van der Waals surface area contributed by atoms with Crippen LogP contribution in [0.15, 0.2) is 47.4 Å². The van der Waals surface area contributed by atoms with Gasteiger partial charge in [-0.1, -0.05) is 25.1 Å². The molecule has 26 heavy (non-hydrogen) atoms. The van der Waals surface area contributed by atoms with Crippen LogP contribution >= 0.6 is 0 Å². The van der Waals surface area contributed by atoms with Crippen molar-refractivity contribution in [3.8, 4) is 11.5 Å². The highest BCUT2D eigenvalue weighted by atomic mass is 16.5. The summed E-state index contributed by atoms with van der Waals surface area (Å²) in [6, 6.07) is 8.16. The molecular weight excluding hydrogens is 326 g/mol. The molecule has 134 valence electrons. The van der Waals surface area contributed by atoms with E-state index in [0.29, 0.717) is 17.8 Å². The Hall–Kier alpha value is -2.60. The zero-order valence-corrected chi connectivity index (χ0v) is 15.2. The molecule has 0 aliphatic carbocycles. The smallest absolute Gasteiger partial charge is 0.178 e. The highest BCUT2D eigenvalue weighted by molar-refractivity contribution is 5.47. The molecule has 0 amide bonds. The maximum atomic E-state index is 5.49. The first-order valence-corrected chi connectivity index (χ1v) is 9.13. The van der Waals surface area contributed by atoms with Crippen molar-refractivity contribution in [3.05, 3.63) is 59.9 Å². The summed E-state index contributed by atoms with van der Waals surface area (Å²) in [6.07, 6.45) is 7.83. The molecule has 1 fully saturated rings. The van der Waals surface area contributed by atoms with Gasteiger partial charge in [-0.15, -0.1) is 0 Å². The van der Waals surface area contributed by atoms with Crippen LogP contribution in [0.1, 0.15) is 55.7 Å². The molecule has 0 N–H and O–H groups in total. The van der Waals surface area contributed by atoms with Crippen molar-refractivity contribution in [1.29, 1.82) is 0 Å². The molecule has 4 heterocycles. The second-order valence-electron chi connectivity index (χ2n) is 7.07. The summed E-state index contributed by atoms with van der Waals surface area (Å²) in [6.45, 7) is 6.11. The number of likely N-dealkylation sites (tertiary alicyclic amines) is 1.